The number of ether oxygens (including phenoxy) is 1. The monoisotopic (exact) mass is 289 g/mol. The molecule has 3 rings (SSSR count). The Hall–Kier alpha value is -1.59. The van der Waals surface area contributed by atoms with Gasteiger partial charge in [0.15, 0.2) is 0 Å². The Kier molecular flexibility index (Phi) is 3.89. The van der Waals surface area contributed by atoms with Crippen LogP contribution in [0.25, 0.3) is 0 Å². The first-order valence-corrected chi connectivity index (χ1v) is 7.70. The van der Waals surface area contributed by atoms with Crippen molar-refractivity contribution in [1.82, 2.24) is 4.98 Å². The standard InChI is InChI=1S/C15H19N3OS/c1-19-9-15-17-11(10-20-15)8-18-7-3-4-12-13(16)5-2-6-14(12)18/h2,5-6,10H,3-4,7-9,16H2,1H3. The fourth-order valence-corrected chi connectivity index (χ4v) is 3.45. The highest BCUT2D eigenvalue weighted by atomic mass is 32.1. The molecule has 0 unspecified atom stereocenters. The first-order valence-electron chi connectivity index (χ1n) is 6.82. The topological polar surface area (TPSA) is 51.4 Å². The highest BCUT2D eigenvalue weighted by Gasteiger charge is 2.19. The number of anilines is 2. The number of nitrogen functional groups attached to an aromatic ring is 1. The van der Waals surface area contributed by atoms with Gasteiger partial charge in [-0.25, -0.2) is 4.98 Å². The Morgan fingerprint density at radius 3 is 3.20 bits per heavy atom. The molecular formula is C15H19N3OS. The molecule has 2 heterocycles. The van der Waals surface area contributed by atoms with Crippen molar-refractivity contribution < 1.29 is 4.74 Å². The van der Waals surface area contributed by atoms with Crippen molar-refractivity contribution in [2.24, 2.45) is 0 Å². The van der Waals surface area contributed by atoms with Crippen LogP contribution in [0.2, 0.25) is 0 Å². The number of methoxy groups -OCH3 is 1. The summed E-state index contributed by atoms with van der Waals surface area (Å²) in [5, 5.41) is 3.15. The van der Waals surface area contributed by atoms with Crippen LogP contribution in [-0.2, 0) is 24.3 Å². The van der Waals surface area contributed by atoms with Crippen molar-refractivity contribution in [3.63, 3.8) is 0 Å². The van der Waals surface area contributed by atoms with Crippen molar-refractivity contribution >= 4 is 22.7 Å². The Morgan fingerprint density at radius 1 is 1.45 bits per heavy atom. The third kappa shape index (κ3) is 2.64. The van der Waals surface area contributed by atoms with Crippen LogP contribution >= 0.6 is 11.3 Å². The smallest absolute Gasteiger partial charge is 0.119 e. The molecule has 1 aliphatic rings. The van der Waals surface area contributed by atoms with Gasteiger partial charge in [0.05, 0.1) is 18.8 Å². The molecule has 0 amide bonds. The van der Waals surface area contributed by atoms with Gasteiger partial charge in [-0.2, -0.15) is 0 Å². The van der Waals surface area contributed by atoms with Gasteiger partial charge in [0.25, 0.3) is 0 Å². The Bertz CT molecular complexity index is 597. The molecule has 0 bridgehead atoms. The van der Waals surface area contributed by atoms with Crippen molar-refractivity contribution in [1.29, 1.82) is 0 Å². The molecule has 0 atom stereocenters. The lowest BCUT2D eigenvalue weighted by atomic mass is 10.00. The molecule has 5 heteroatoms. The lowest BCUT2D eigenvalue weighted by molar-refractivity contribution is 0.184. The molecule has 20 heavy (non-hydrogen) atoms. The maximum atomic E-state index is 6.08. The van der Waals surface area contributed by atoms with Crippen LogP contribution in [0.3, 0.4) is 0 Å². The summed E-state index contributed by atoms with van der Waals surface area (Å²) in [7, 11) is 1.70. The van der Waals surface area contributed by atoms with Crippen LogP contribution in [0.1, 0.15) is 22.7 Å². The fourth-order valence-electron chi connectivity index (χ4n) is 2.70. The van der Waals surface area contributed by atoms with E-state index in [0.717, 1.165) is 42.3 Å². The molecular weight excluding hydrogens is 270 g/mol. The molecule has 0 saturated carbocycles. The lowest BCUT2D eigenvalue weighted by Gasteiger charge is -2.31. The van der Waals surface area contributed by atoms with E-state index < -0.39 is 0 Å². The minimum absolute atomic E-state index is 0.591. The van der Waals surface area contributed by atoms with Gasteiger partial charge >= 0.3 is 0 Å². The van der Waals surface area contributed by atoms with Crippen molar-refractivity contribution in [2.45, 2.75) is 26.0 Å². The Balaban J connectivity index is 1.80. The average molecular weight is 289 g/mol. The summed E-state index contributed by atoms with van der Waals surface area (Å²) in [6.07, 6.45) is 2.22. The molecule has 4 nitrogen and oxygen atoms in total. The van der Waals surface area contributed by atoms with Crippen LogP contribution in [0.5, 0.6) is 0 Å². The van der Waals surface area contributed by atoms with Gasteiger partial charge in [0.2, 0.25) is 0 Å². The van der Waals surface area contributed by atoms with Crippen molar-refractivity contribution in [2.75, 3.05) is 24.3 Å². The van der Waals surface area contributed by atoms with Gasteiger partial charge in [-0.1, -0.05) is 6.07 Å². The predicted molar refractivity (Wildman–Crippen MR) is 83.1 cm³/mol. The summed E-state index contributed by atoms with van der Waals surface area (Å²) >= 11 is 1.66. The zero-order chi connectivity index (χ0) is 13.9. The molecule has 2 N–H and O–H groups in total. The SMILES string of the molecule is COCc1nc(CN2CCCc3c(N)cccc32)cs1. The normalized spacial score (nSPS) is 14.3. The van der Waals surface area contributed by atoms with Crippen LogP contribution in [-0.4, -0.2) is 18.6 Å². The number of hydrogen-bond acceptors (Lipinski definition) is 5. The molecule has 1 aromatic heterocycles. The number of fused-ring (bicyclic) bond motifs is 1. The molecule has 0 saturated heterocycles. The minimum Gasteiger partial charge on any atom is -0.398 e. The Morgan fingerprint density at radius 2 is 2.35 bits per heavy atom. The number of aromatic nitrogens is 1. The van der Waals surface area contributed by atoms with Crippen molar-refractivity contribution in [3.8, 4) is 0 Å². The number of nitrogens with zero attached hydrogens (tertiary/aromatic N) is 2. The number of rotatable bonds is 4. The first-order chi connectivity index (χ1) is 9.78. The van der Waals surface area contributed by atoms with E-state index in [0.29, 0.717) is 6.61 Å². The Labute approximate surface area is 123 Å². The second kappa shape index (κ2) is 5.81. The predicted octanol–water partition coefficient (Wildman–Crippen LogP) is 2.82. The lowest BCUT2D eigenvalue weighted by Crippen LogP contribution is -2.29. The quantitative estimate of drug-likeness (QED) is 0.879. The van der Waals surface area contributed by atoms with E-state index in [1.54, 1.807) is 18.4 Å². The minimum atomic E-state index is 0.591. The number of thiazole rings is 1. The summed E-state index contributed by atoms with van der Waals surface area (Å²) in [5.74, 6) is 0. The number of hydrogen-bond donors (Lipinski definition) is 1. The highest BCUT2D eigenvalue weighted by molar-refractivity contribution is 7.09. The largest absolute Gasteiger partial charge is 0.398 e. The summed E-state index contributed by atoms with van der Waals surface area (Å²) in [6.45, 7) is 2.50. The maximum Gasteiger partial charge on any atom is 0.119 e. The van der Waals surface area contributed by atoms with Gasteiger partial charge in [-0.05, 0) is 30.5 Å². The van der Waals surface area contributed by atoms with Crippen LogP contribution in [0, 0.1) is 0 Å². The first kappa shape index (κ1) is 13.4. The van der Waals surface area contributed by atoms with E-state index >= 15 is 0 Å². The molecule has 1 aromatic carbocycles. The maximum absolute atomic E-state index is 6.08. The van der Waals surface area contributed by atoms with Gasteiger partial charge < -0.3 is 15.4 Å². The molecule has 0 radical (unpaired) electrons. The van der Waals surface area contributed by atoms with E-state index in [9.17, 15) is 0 Å². The fraction of sp³-hybridized carbons (Fsp3) is 0.400. The summed E-state index contributed by atoms with van der Waals surface area (Å²) in [4.78, 5) is 6.99. The van der Waals surface area contributed by atoms with E-state index in [-0.39, 0.29) is 0 Å². The molecule has 106 valence electrons. The average Bonchev–Trinajstić information content (AvgIpc) is 2.88. The third-order valence-corrected chi connectivity index (χ3v) is 4.47. The molecule has 2 aromatic rings. The second-order valence-electron chi connectivity index (χ2n) is 5.04. The number of nitrogens with two attached hydrogens (primary N) is 1. The highest BCUT2D eigenvalue weighted by Crippen LogP contribution is 2.32. The molecule has 0 fully saturated rings. The van der Waals surface area contributed by atoms with E-state index in [2.05, 4.69) is 21.3 Å². The summed E-state index contributed by atoms with van der Waals surface area (Å²) in [5.41, 5.74) is 10.6. The van der Waals surface area contributed by atoms with E-state index in [1.807, 2.05) is 12.1 Å². The van der Waals surface area contributed by atoms with Crippen LogP contribution in [0.4, 0.5) is 11.4 Å². The van der Waals surface area contributed by atoms with Crippen LogP contribution in [0.15, 0.2) is 23.6 Å². The summed E-state index contributed by atoms with van der Waals surface area (Å²) in [6, 6.07) is 6.18. The van der Waals surface area contributed by atoms with Gasteiger partial charge in [-0.15, -0.1) is 11.3 Å². The van der Waals surface area contributed by atoms with E-state index in [1.165, 1.54) is 11.3 Å². The zero-order valence-corrected chi connectivity index (χ0v) is 12.4. The van der Waals surface area contributed by atoms with Gasteiger partial charge in [0, 0.05) is 30.4 Å². The number of benzene rings is 1. The van der Waals surface area contributed by atoms with Gasteiger partial charge in [0.1, 0.15) is 5.01 Å². The molecule has 0 spiro atoms. The zero-order valence-electron chi connectivity index (χ0n) is 11.6. The van der Waals surface area contributed by atoms with Gasteiger partial charge in [-0.3, -0.25) is 0 Å². The molecule has 1 aliphatic heterocycles. The van der Waals surface area contributed by atoms with Crippen molar-refractivity contribution in [3.05, 3.63) is 39.8 Å². The van der Waals surface area contributed by atoms with Crippen LogP contribution < -0.4 is 10.6 Å². The van der Waals surface area contributed by atoms with E-state index in [4.69, 9.17) is 10.5 Å². The second-order valence-corrected chi connectivity index (χ2v) is 5.98. The summed E-state index contributed by atoms with van der Waals surface area (Å²) < 4.78 is 5.12. The molecule has 0 aliphatic carbocycles. The third-order valence-electron chi connectivity index (χ3n) is 3.60.